The number of thiophene rings is 1. The Balaban J connectivity index is 1.86. The number of hydrogen-bond donors (Lipinski definition) is 2. The monoisotopic (exact) mass is 429 g/mol. The Morgan fingerprint density at radius 3 is 2.53 bits per heavy atom. The van der Waals surface area contributed by atoms with Crippen molar-refractivity contribution in [3.8, 4) is 0 Å². The minimum absolute atomic E-state index is 0.00549. The lowest BCUT2D eigenvalue weighted by Crippen LogP contribution is -2.34. The average molecular weight is 430 g/mol. The fraction of sp³-hybridized carbons (Fsp3) is 0.478. The molecule has 1 aromatic heterocycles. The maximum absolute atomic E-state index is 13.0. The predicted octanol–water partition coefficient (Wildman–Crippen LogP) is 4.79. The van der Waals surface area contributed by atoms with Crippen LogP contribution < -0.4 is 10.6 Å². The van der Waals surface area contributed by atoms with E-state index in [0.29, 0.717) is 10.6 Å². The van der Waals surface area contributed by atoms with Crippen molar-refractivity contribution < 1.29 is 14.3 Å². The highest BCUT2D eigenvalue weighted by molar-refractivity contribution is 7.17. The van der Waals surface area contributed by atoms with E-state index in [1.54, 1.807) is 0 Å². The lowest BCUT2D eigenvalue weighted by Gasteiger charge is -2.27. The maximum Gasteiger partial charge on any atom is 0.341 e. The van der Waals surface area contributed by atoms with Crippen molar-refractivity contribution in [1.29, 1.82) is 0 Å². The Morgan fingerprint density at radius 1 is 1.20 bits per heavy atom. The molecule has 0 saturated heterocycles. The normalized spacial score (nSPS) is 14.3. The fourth-order valence-corrected chi connectivity index (χ4v) is 4.74. The van der Waals surface area contributed by atoms with Gasteiger partial charge in [-0.15, -0.1) is 11.3 Å². The summed E-state index contributed by atoms with van der Waals surface area (Å²) >= 11 is 1.47. The molecule has 2 heterocycles. The van der Waals surface area contributed by atoms with Crippen LogP contribution in [-0.2, 0) is 24.2 Å². The molecule has 0 fully saturated rings. The molecule has 0 bridgehead atoms. The van der Waals surface area contributed by atoms with Crippen LogP contribution in [-0.4, -0.2) is 35.1 Å². The van der Waals surface area contributed by atoms with Crippen molar-refractivity contribution in [2.45, 2.75) is 65.8 Å². The van der Waals surface area contributed by atoms with Gasteiger partial charge in [-0.25, -0.2) is 9.59 Å². The molecule has 0 aliphatic carbocycles. The van der Waals surface area contributed by atoms with Crippen molar-refractivity contribution in [3.05, 3.63) is 51.9 Å². The van der Waals surface area contributed by atoms with Gasteiger partial charge in [-0.2, -0.15) is 0 Å². The predicted molar refractivity (Wildman–Crippen MR) is 121 cm³/mol. The highest BCUT2D eigenvalue weighted by Gasteiger charge is 2.31. The molecular formula is C23H31N3O3S. The van der Waals surface area contributed by atoms with Gasteiger partial charge in [0.1, 0.15) is 10.6 Å². The zero-order chi connectivity index (χ0) is 21.9. The SMILES string of the molecule is CC(C)NC(=O)Nc1sc2c(c1C(=O)OC(C)(C)C)CCN(Cc1ccccc1)C2. The van der Waals surface area contributed by atoms with Crippen molar-refractivity contribution in [2.75, 3.05) is 11.9 Å². The summed E-state index contributed by atoms with van der Waals surface area (Å²) in [6.45, 7) is 11.8. The smallest absolute Gasteiger partial charge is 0.341 e. The second-order valence-electron chi connectivity index (χ2n) is 8.91. The molecule has 1 aliphatic rings. The zero-order valence-electron chi connectivity index (χ0n) is 18.4. The molecular weight excluding hydrogens is 398 g/mol. The highest BCUT2D eigenvalue weighted by Crippen LogP contribution is 2.38. The third-order valence-corrected chi connectivity index (χ3v) is 5.77. The molecule has 6 nitrogen and oxygen atoms in total. The summed E-state index contributed by atoms with van der Waals surface area (Å²) in [5, 5.41) is 6.26. The van der Waals surface area contributed by atoms with Crippen LogP contribution in [0.3, 0.4) is 0 Å². The van der Waals surface area contributed by atoms with E-state index < -0.39 is 5.60 Å². The summed E-state index contributed by atoms with van der Waals surface area (Å²) in [5.41, 5.74) is 2.17. The first-order valence-corrected chi connectivity index (χ1v) is 11.2. The van der Waals surface area contributed by atoms with Crippen molar-refractivity contribution in [3.63, 3.8) is 0 Å². The summed E-state index contributed by atoms with van der Waals surface area (Å²) in [4.78, 5) is 28.8. The van der Waals surface area contributed by atoms with Crippen LogP contribution in [0.4, 0.5) is 9.80 Å². The van der Waals surface area contributed by atoms with Gasteiger partial charge < -0.3 is 10.1 Å². The van der Waals surface area contributed by atoms with E-state index >= 15 is 0 Å². The van der Waals surface area contributed by atoms with Crippen molar-refractivity contribution in [1.82, 2.24) is 10.2 Å². The number of urea groups is 1. The van der Waals surface area contributed by atoms with E-state index in [1.165, 1.54) is 16.9 Å². The maximum atomic E-state index is 13.0. The van der Waals surface area contributed by atoms with Gasteiger partial charge in [-0.3, -0.25) is 10.2 Å². The lowest BCUT2D eigenvalue weighted by atomic mass is 10.0. The van der Waals surface area contributed by atoms with Gasteiger partial charge in [-0.1, -0.05) is 30.3 Å². The molecule has 2 N–H and O–H groups in total. The third-order valence-electron chi connectivity index (χ3n) is 4.63. The zero-order valence-corrected chi connectivity index (χ0v) is 19.2. The summed E-state index contributed by atoms with van der Waals surface area (Å²) in [6.07, 6.45) is 0.751. The van der Waals surface area contributed by atoms with Gasteiger partial charge in [0.05, 0.1) is 5.56 Å². The largest absolute Gasteiger partial charge is 0.456 e. The van der Waals surface area contributed by atoms with Gasteiger partial charge in [0, 0.05) is 30.6 Å². The van der Waals surface area contributed by atoms with Crippen molar-refractivity contribution >= 4 is 28.3 Å². The molecule has 0 radical (unpaired) electrons. The standard InChI is InChI=1S/C23H31N3O3S/c1-15(2)24-22(28)25-20-19(21(27)29-23(3,4)5)17-11-12-26(14-18(17)30-20)13-16-9-7-6-8-10-16/h6-10,15H,11-14H2,1-5H3,(H2,24,25,28). The first kappa shape index (κ1) is 22.3. The number of fused-ring (bicyclic) bond motifs is 1. The Labute approximate surface area is 182 Å². The summed E-state index contributed by atoms with van der Waals surface area (Å²) in [5.74, 6) is -0.378. The Hall–Kier alpha value is -2.38. The van der Waals surface area contributed by atoms with E-state index in [0.717, 1.165) is 36.5 Å². The number of carbonyl (C=O) groups is 2. The van der Waals surface area contributed by atoms with Crippen LogP contribution >= 0.6 is 11.3 Å². The molecule has 0 unspecified atom stereocenters. The molecule has 0 spiro atoms. The van der Waals surface area contributed by atoms with Gasteiger partial charge in [0.2, 0.25) is 0 Å². The molecule has 2 amide bonds. The van der Waals surface area contributed by atoms with Gasteiger partial charge in [0.15, 0.2) is 0 Å². The first-order valence-electron chi connectivity index (χ1n) is 10.3. The summed E-state index contributed by atoms with van der Waals surface area (Å²) < 4.78 is 5.66. The van der Waals surface area contributed by atoms with Crippen LogP contribution in [0, 0.1) is 0 Å². The number of amides is 2. The summed E-state index contributed by atoms with van der Waals surface area (Å²) in [6, 6.07) is 10.1. The Kier molecular flexibility index (Phi) is 6.83. The van der Waals surface area contributed by atoms with Crippen LogP contribution in [0.2, 0.25) is 0 Å². The van der Waals surface area contributed by atoms with Crippen LogP contribution in [0.5, 0.6) is 0 Å². The minimum Gasteiger partial charge on any atom is -0.456 e. The van der Waals surface area contributed by atoms with E-state index in [9.17, 15) is 9.59 Å². The molecule has 0 atom stereocenters. The number of nitrogens with one attached hydrogen (secondary N) is 2. The topological polar surface area (TPSA) is 70.7 Å². The molecule has 2 aromatic rings. The lowest BCUT2D eigenvalue weighted by molar-refractivity contribution is 0.00695. The summed E-state index contributed by atoms with van der Waals surface area (Å²) in [7, 11) is 0. The molecule has 7 heteroatoms. The van der Waals surface area contributed by atoms with E-state index in [2.05, 4.69) is 27.7 Å². The number of carbonyl (C=O) groups excluding carboxylic acids is 2. The van der Waals surface area contributed by atoms with Crippen LogP contribution in [0.25, 0.3) is 0 Å². The third kappa shape index (κ3) is 5.83. The quantitative estimate of drug-likeness (QED) is 0.671. The molecule has 30 heavy (non-hydrogen) atoms. The number of anilines is 1. The Bertz CT molecular complexity index is 900. The number of benzene rings is 1. The number of nitrogens with zero attached hydrogens (tertiary/aromatic N) is 1. The number of rotatable bonds is 5. The van der Waals surface area contributed by atoms with Gasteiger partial charge in [0.25, 0.3) is 0 Å². The van der Waals surface area contributed by atoms with Gasteiger partial charge >= 0.3 is 12.0 Å². The molecule has 162 valence electrons. The second kappa shape index (κ2) is 9.18. The van der Waals surface area contributed by atoms with E-state index in [1.807, 2.05) is 52.8 Å². The second-order valence-corrected chi connectivity index (χ2v) is 10.0. The van der Waals surface area contributed by atoms with Gasteiger partial charge in [-0.05, 0) is 52.2 Å². The fourth-order valence-electron chi connectivity index (χ4n) is 3.47. The Morgan fingerprint density at radius 2 is 1.90 bits per heavy atom. The molecule has 0 saturated carbocycles. The number of esters is 1. The first-order chi connectivity index (χ1) is 14.1. The average Bonchev–Trinajstić information content (AvgIpc) is 2.97. The van der Waals surface area contributed by atoms with Crippen LogP contribution in [0.15, 0.2) is 30.3 Å². The highest BCUT2D eigenvalue weighted by atomic mass is 32.1. The van der Waals surface area contributed by atoms with E-state index in [4.69, 9.17) is 4.74 Å². The number of ether oxygens (including phenoxy) is 1. The van der Waals surface area contributed by atoms with Crippen LogP contribution in [0.1, 0.15) is 61.0 Å². The molecule has 1 aliphatic heterocycles. The minimum atomic E-state index is -0.600. The van der Waals surface area contributed by atoms with Crippen molar-refractivity contribution in [2.24, 2.45) is 0 Å². The molecule has 3 rings (SSSR count). The van der Waals surface area contributed by atoms with E-state index in [-0.39, 0.29) is 18.0 Å². The number of hydrogen-bond acceptors (Lipinski definition) is 5. The molecule has 1 aromatic carbocycles.